The van der Waals surface area contributed by atoms with Crippen molar-refractivity contribution < 1.29 is 19.5 Å². The molecular weight excluding hydrogens is 725 g/mol. The Kier molecular flexibility index (Phi) is 11.9. The van der Waals surface area contributed by atoms with E-state index >= 15 is 9.59 Å². The van der Waals surface area contributed by atoms with Crippen LogP contribution in [0.1, 0.15) is 75.3 Å². The molecule has 58 heavy (non-hydrogen) atoms. The lowest BCUT2D eigenvalue weighted by Gasteiger charge is -2.49. The minimum absolute atomic E-state index is 0.316. The lowest BCUT2D eigenvalue weighted by Crippen LogP contribution is -2.72. The number of rotatable bonds is 13. The van der Waals surface area contributed by atoms with Gasteiger partial charge in [-0.1, -0.05) is 160 Å². The van der Waals surface area contributed by atoms with Crippen LogP contribution in [0.3, 0.4) is 0 Å². The average molecular weight is 779 g/mol. The van der Waals surface area contributed by atoms with Gasteiger partial charge in [-0.05, 0) is 61.1 Å². The van der Waals surface area contributed by atoms with Crippen molar-refractivity contribution >= 4 is 41.5 Å². The Bertz CT molecular complexity index is 2050. The van der Waals surface area contributed by atoms with E-state index in [-0.39, 0.29) is 18.0 Å². The van der Waals surface area contributed by atoms with E-state index in [0.717, 1.165) is 61.0 Å². The van der Waals surface area contributed by atoms with Crippen LogP contribution in [0.4, 0.5) is 21.0 Å². The molecule has 5 amide bonds. The van der Waals surface area contributed by atoms with Gasteiger partial charge in [0.2, 0.25) is 0 Å². The number of urea groups is 2. The summed E-state index contributed by atoms with van der Waals surface area (Å²) in [5, 5.41) is 24.4. The van der Waals surface area contributed by atoms with Crippen molar-refractivity contribution in [2.75, 3.05) is 10.6 Å². The molecule has 5 atom stereocenters. The van der Waals surface area contributed by atoms with Gasteiger partial charge < -0.3 is 21.1 Å². The zero-order valence-corrected chi connectivity index (χ0v) is 32.9. The first-order valence-corrected chi connectivity index (χ1v) is 21.0. The predicted octanol–water partition coefficient (Wildman–Crippen LogP) is 8.71. The van der Waals surface area contributed by atoms with E-state index in [1.807, 2.05) is 146 Å². The lowest BCUT2D eigenvalue weighted by molar-refractivity contribution is -0.195. The Balaban J connectivity index is 1.30. The molecule has 0 spiro atoms. The molecule has 2 aliphatic carbocycles. The monoisotopic (exact) mass is 778 g/mol. The van der Waals surface area contributed by atoms with E-state index in [0.29, 0.717) is 25.7 Å². The van der Waals surface area contributed by atoms with Gasteiger partial charge in [0.1, 0.15) is 12.1 Å². The summed E-state index contributed by atoms with van der Waals surface area (Å²) in [6.07, 6.45) is 16.1. The first kappa shape index (κ1) is 39.0. The van der Waals surface area contributed by atoms with Gasteiger partial charge in [0.15, 0.2) is 0 Å². The van der Waals surface area contributed by atoms with Gasteiger partial charge >= 0.3 is 12.1 Å². The molecule has 300 valence electrons. The SMILES string of the molecule is O=C1[C@@H]([C@@H](/C=C/c2ccccc2)Nc2ccccc2)N(C2(O)C([C@@H](/C=C/c3ccccc3)Nc3ccccc3)NC(=O)N2C2CCCCC2)C(=O)N1C1CCCCC1. The molecule has 2 unspecified atom stereocenters. The largest absolute Gasteiger partial charge is 0.376 e. The first-order valence-electron chi connectivity index (χ1n) is 21.0. The standard InChI is InChI=1S/C48H54N6O4/c55-45-43(41(49-37-23-11-3-12-24-37)33-31-35-19-7-1-8-20-35)54(47(57)52(45)39-27-15-5-16-28-39)48(58)44(51-46(56)53(48)40-29-17-6-18-30-40)42(50-38-25-13-4-14-26-38)34-32-36-21-9-2-10-22-36/h1-4,7-14,19-26,31-34,39-44,49-50,58H,5-6,15-18,27-30H2,(H,51,56)/b33-31+,34-32+/t41-,42-,43-,44?,48?/m1/s1. The molecule has 2 heterocycles. The van der Waals surface area contributed by atoms with Crippen LogP contribution in [-0.2, 0) is 4.79 Å². The fraction of sp³-hybridized carbons (Fsp3) is 0.354. The van der Waals surface area contributed by atoms with Crippen LogP contribution in [0, 0.1) is 0 Å². The normalized spacial score (nSPS) is 24.4. The van der Waals surface area contributed by atoms with Crippen molar-refractivity contribution in [2.24, 2.45) is 0 Å². The molecule has 4 aromatic rings. The summed E-state index contributed by atoms with van der Waals surface area (Å²) >= 11 is 0. The lowest BCUT2D eigenvalue weighted by atomic mass is 9.91. The maximum atomic E-state index is 15.5. The third-order valence-corrected chi connectivity index (χ3v) is 12.2. The highest BCUT2D eigenvalue weighted by Crippen LogP contribution is 2.43. The second kappa shape index (κ2) is 17.7. The summed E-state index contributed by atoms with van der Waals surface area (Å²) in [5.41, 5.74) is 3.39. The minimum Gasteiger partial charge on any atom is -0.376 e. The fourth-order valence-corrected chi connectivity index (χ4v) is 9.37. The van der Waals surface area contributed by atoms with Crippen molar-refractivity contribution in [3.63, 3.8) is 0 Å². The van der Waals surface area contributed by atoms with E-state index in [2.05, 4.69) is 16.0 Å². The minimum atomic E-state index is -2.27. The Morgan fingerprint density at radius 3 is 1.55 bits per heavy atom. The molecule has 0 aromatic heterocycles. The molecule has 4 aromatic carbocycles. The predicted molar refractivity (Wildman–Crippen MR) is 229 cm³/mol. The van der Waals surface area contributed by atoms with Crippen LogP contribution in [0.25, 0.3) is 12.2 Å². The summed E-state index contributed by atoms with van der Waals surface area (Å²) in [5.74, 6) is -2.66. The average Bonchev–Trinajstić information content (AvgIpc) is 3.70. The third kappa shape index (κ3) is 8.11. The topological polar surface area (TPSA) is 117 Å². The molecule has 2 aliphatic heterocycles. The molecule has 4 aliphatic rings. The first-order chi connectivity index (χ1) is 28.4. The van der Waals surface area contributed by atoms with Crippen molar-refractivity contribution in [2.45, 2.75) is 106 Å². The van der Waals surface area contributed by atoms with Gasteiger partial charge in [0.05, 0.1) is 12.1 Å². The van der Waals surface area contributed by atoms with Gasteiger partial charge in [0.25, 0.3) is 11.8 Å². The summed E-state index contributed by atoms with van der Waals surface area (Å²) < 4.78 is 0. The van der Waals surface area contributed by atoms with Gasteiger partial charge in [-0.15, -0.1) is 0 Å². The molecule has 2 saturated carbocycles. The van der Waals surface area contributed by atoms with Crippen molar-refractivity contribution in [3.8, 4) is 0 Å². The highest BCUT2D eigenvalue weighted by atomic mass is 16.4. The summed E-state index contributed by atoms with van der Waals surface area (Å²) in [6, 6.07) is 33.4. The van der Waals surface area contributed by atoms with Gasteiger partial charge in [-0.3, -0.25) is 19.5 Å². The number of nitrogens with zero attached hydrogens (tertiary/aromatic N) is 3. The second-order valence-corrected chi connectivity index (χ2v) is 16.0. The number of para-hydroxylation sites is 2. The number of nitrogens with one attached hydrogen (secondary N) is 3. The molecular formula is C48H54N6O4. The summed E-state index contributed by atoms with van der Waals surface area (Å²) in [6.45, 7) is 0. The molecule has 0 bridgehead atoms. The van der Waals surface area contributed by atoms with Crippen molar-refractivity contribution in [1.29, 1.82) is 0 Å². The molecule has 8 rings (SSSR count). The zero-order valence-electron chi connectivity index (χ0n) is 32.9. The highest BCUT2D eigenvalue weighted by molar-refractivity contribution is 6.06. The zero-order chi connectivity index (χ0) is 39.9. The Morgan fingerprint density at radius 1 is 0.586 bits per heavy atom. The van der Waals surface area contributed by atoms with E-state index < -0.39 is 42.1 Å². The number of carbonyl (C=O) groups is 3. The number of amides is 5. The molecule has 4 fully saturated rings. The number of hydrogen-bond donors (Lipinski definition) is 4. The number of anilines is 2. The summed E-state index contributed by atoms with van der Waals surface area (Å²) in [4.78, 5) is 49.8. The van der Waals surface area contributed by atoms with Gasteiger partial charge in [-0.2, -0.15) is 0 Å². The van der Waals surface area contributed by atoms with Crippen molar-refractivity contribution in [1.82, 2.24) is 20.0 Å². The van der Waals surface area contributed by atoms with Crippen LogP contribution in [-0.4, -0.2) is 79.9 Å². The number of imide groups is 1. The van der Waals surface area contributed by atoms with Crippen LogP contribution in [0.5, 0.6) is 0 Å². The molecule has 0 radical (unpaired) electrons. The second-order valence-electron chi connectivity index (χ2n) is 16.0. The van der Waals surface area contributed by atoms with Gasteiger partial charge in [0, 0.05) is 23.5 Å². The maximum absolute atomic E-state index is 15.5. The van der Waals surface area contributed by atoms with Crippen LogP contribution in [0.2, 0.25) is 0 Å². The smallest absolute Gasteiger partial charge is 0.331 e. The third-order valence-electron chi connectivity index (χ3n) is 12.2. The quantitative estimate of drug-likeness (QED) is 0.101. The number of carbonyl (C=O) groups excluding carboxylic acids is 3. The maximum Gasteiger partial charge on any atom is 0.331 e. The number of benzene rings is 4. The Labute approximate surface area is 341 Å². The highest BCUT2D eigenvalue weighted by Gasteiger charge is 2.68. The van der Waals surface area contributed by atoms with E-state index in [4.69, 9.17) is 0 Å². The summed E-state index contributed by atoms with van der Waals surface area (Å²) in [7, 11) is 0. The number of hydrogen-bond acceptors (Lipinski definition) is 6. The van der Waals surface area contributed by atoms with Crippen LogP contribution >= 0.6 is 0 Å². The van der Waals surface area contributed by atoms with E-state index in [1.165, 1.54) is 14.7 Å². The fourth-order valence-electron chi connectivity index (χ4n) is 9.37. The van der Waals surface area contributed by atoms with E-state index in [9.17, 15) is 9.90 Å². The van der Waals surface area contributed by atoms with Crippen LogP contribution < -0.4 is 16.0 Å². The Hall–Kier alpha value is -5.87. The molecule has 10 heteroatoms. The van der Waals surface area contributed by atoms with Crippen molar-refractivity contribution in [3.05, 3.63) is 145 Å². The number of aliphatic hydroxyl groups is 1. The molecule has 4 N–H and O–H groups in total. The van der Waals surface area contributed by atoms with E-state index in [1.54, 1.807) is 0 Å². The van der Waals surface area contributed by atoms with Crippen LogP contribution in [0.15, 0.2) is 133 Å². The molecule has 2 saturated heterocycles. The Morgan fingerprint density at radius 2 is 1.03 bits per heavy atom. The van der Waals surface area contributed by atoms with Gasteiger partial charge in [-0.25, -0.2) is 9.59 Å². The molecule has 10 nitrogen and oxygen atoms in total.